The van der Waals surface area contributed by atoms with Gasteiger partial charge in [-0.25, -0.2) is 0 Å². The second-order valence-corrected chi connectivity index (χ2v) is 3.78. The van der Waals surface area contributed by atoms with E-state index in [1.807, 2.05) is 0 Å². The molecule has 0 saturated heterocycles. The van der Waals surface area contributed by atoms with Crippen LogP contribution < -0.4 is 15.4 Å². The third kappa shape index (κ3) is 2.13. The second-order valence-electron chi connectivity index (χ2n) is 3.78. The van der Waals surface area contributed by atoms with Crippen LogP contribution in [0.2, 0.25) is 0 Å². The van der Waals surface area contributed by atoms with Gasteiger partial charge in [-0.15, -0.1) is 0 Å². The number of aliphatic hydroxyl groups excluding tert-OH is 1. The van der Waals surface area contributed by atoms with E-state index in [-0.39, 0.29) is 18.2 Å². The maximum absolute atomic E-state index is 9.19. The Kier molecular flexibility index (Phi) is 2.78. The molecule has 88 valence electrons. The number of aromatic nitrogens is 3. The first kappa shape index (κ1) is 10.9. The van der Waals surface area contributed by atoms with Gasteiger partial charge in [0.2, 0.25) is 11.9 Å². The zero-order chi connectivity index (χ0) is 11.6. The molecule has 16 heavy (non-hydrogen) atoms. The van der Waals surface area contributed by atoms with E-state index in [0.29, 0.717) is 11.9 Å². The van der Waals surface area contributed by atoms with E-state index in [1.54, 1.807) is 7.05 Å². The Morgan fingerprint density at radius 2 is 2.00 bits per heavy atom. The lowest BCUT2D eigenvalue weighted by Crippen LogP contribution is -2.27. The number of aliphatic hydroxyl groups is 1. The molecule has 0 aliphatic heterocycles. The molecule has 3 N–H and O–H groups in total. The first-order valence-electron chi connectivity index (χ1n) is 5.08. The third-order valence-corrected chi connectivity index (χ3v) is 2.55. The van der Waals surface area contributed by atoms with Crippen LogP contribution in [0.15, 0.2) is 0 Å². The van der Waals surface area contributed by atoms with E-state index < -0.39 is 0 Å². The van der Waals surface area contributed by atoms with Crippen LogP contribution in [0.3, 0.4) is 0 Å². The predicted octanol–water partition coefficient (Wildman–Crippen LogP) is -0.141. The maximum Gasteiger partial charge on any atom is 0.322 e. The van der Waals surface area contributed by atoms with Crippen molar-refractivity contribution in [1.29, 1.82) is 0 Å². The van der Waals surface area contributed by atoms with Gasteiger partial charge in [-0.1, -0.05) is 0 Å². The predicted molar refractivity (Wildman–Crippen MR) is 58.6 cm³/mol. The number of rotatable bonds is 5. The number of methoxy groups -OCH3 is 1. The van der Waals surface area contributed by atoms with Crippen molar-refractivity contribution in [2.45, 2.75) is 18.4 Å². The van der Waals surface area contributed by atoms with Crippen molar-refractivity contribution >= 4 is 11.9 Å². The number of hydrogen-bond donors (Lipinski definition) is 3. The molecule has 1 aromatic rings. The van der Waals surface area contributed by atoms with Crippen molar-refractivity contribution in [3.05, 3.63) is 0 Å². The Morgan fingerprint density at radius 3 is 2.50 bits per heavy atom. The topological polar surface area (TPSA) is 92.2 Å². The zero-order valence-corrected chi connectivity index (χ0v) is 9.32. The SMILES string of the molecule is CNc1nc(NC2(CO)CC2)nc(OC)n1. The van der Waals surface area contributed by atoms with Gasteiger partial charge in [0.25, 0.3) is 0 Å². The molecule has 0 aromatic carbocycles. The normalized spacial score (nSPS) is 16.7. The summed E-state index contributed by atoms with van der Waals surface area (Å²) in [5.41, 5.74) is -0.253. The summed E-state index contributed by atoms with van der Waals surface area (Å²) in [7, 11) is 3.22. The van der Waals surface area contributed by atoms with Gasteiger partial charge in [-0.05, 0) is 12.8 Å². The quantitative estimate of drug-likeness (QED) is 0.642. The average Bonchev–Trinajstić information content (AvgIpc) is 3.09. The molecule has 0 radical (unpaired) electrons. The van der Waals surface area contributed by atoms with Gasteiger partial charge in [0.05, 0.1) is 19.3 Å². The van der Waals surface area contributed by atoms with E-state index in [4.69, 9.17) is 4.74 Å². The molecule has 0 amide bonds. The van der Waals surface area contributed by atoms with Crippen LogP contribution in [0, 0.1) is 0 Å². The molecule has 7 heteroatoms. The molecule has 1 aliphatic carbocycles. The Labute approximate surface area is 93.3 Å². The summed E-state index contributed by atoms with van der Waals surface area (Å²) >= 11 is 0. The monoisotopic (exact) mass is 225 g/mol. The molecular formula is C9H15N5O2. The fraction of sp³-hybridized carbons (Fsp3) is 0.667. The van der Waals surface area contributed by atoms with Crippen LogP contribution in [-0.2, 0) is 0 Å². The first-order valence-corrected chi connectivity index (χ1v) is 5.08. The molecule has 1 fully saturated rings. The largest absolute Gasteiger partial charge is 0.467 e. The van der Waals surface area contributed by atoms with Crippen LogP contribution >= 0.6 is 0 Å². The van der Waals surface area contributed by atoms with Crippen molar-refractivity contribution in [1.82, 2.24) is 15.0 Å². The highest BCUT2D eigenvalue weighted by molar-refractivity contribution is 5.39. The highest BCUT2D eigenvalue weighted by Gasteiger charge is 2.42. The van der Waals surface area contributed by atoms with E-state index in [2.05, 4.69) is 25.6 Å². The minimum atomic E-state index is -0.253. The summed E-state index contributed by atoms with van der Waals surface area (Å²) < 4.78 is 4.96. The second kappa shape index (κ2) is 4.09. The number of ether oxygens (including phenoxy) is 1. The summed E-state index contributed by atoms with van der Waals surface area (Å²) in [5, 5.41) is 15.1. The summed E-state index contributed by atoms with van der Waals surface area (Å²) in [6, 6.07) is 0.246. The Bertz CT molecular complexity index is 358. The number of hydrogen-bond acceptors (Lipinski definition) is 7. The molecule has 1 saturated carbocycles. The molecule has 7 nitrogen and oxygen atoms in total. The molecule has 2 rings (SSSR count). The number of nitrogens with one attached hydrogen (secondary N) is 2. The fourth-order valence-corrected chi connectivity index (χ4v) is 1.33. The Morgan fingerprint density at radius 1 is 1.31 bits per heavy atom. The lowest BCUT2D eigenvalue weighted by Gasteiger charge is -2.14. The highest BCUT2D eigenvalue weighted by atomic mass is 16.5. The van der Waals surface area contributed by atoms with Crippen LogP contribution in [0.25, 0.3) is 0 Å². The van der Waals surface area contributed by atoms with E-state index >= 15 is 0 Å². The molecule has 0 spiro atoms. The lowest BCUT2D eigenvalue weighted by atomic mass is 10.3. The van der Waals surface area contributed by atoms with Gasteiger partial charge < -0.3 is 20.5 Å². The summed E-state index contributed by atoms with van der Waals surface area (Å²) in [5.74, 6) is 0.853. The highest BCUT2D eigenvalue weighted by Crippen LogP contribution is 2.37. The van der Waals surface area contributed by atoms with Crippen molar-refractivity contribution in [3.63, 3.8) is 0 Å². The van der Waals surface area contributed by atoms with Crippen molar-refractivity contribution in [3.8, 4) is 6.01 Å². The van der Waals surface area contributed by atoms with Gasteiger partial charge in [-0.2, -0.15) is 15.0 Å². The molecule has 0 atom stereocenters. The van der Waals surface area contributed by atoms with Crippen molar-refractivity contribution in [2.24, 2.45) is 0 Å². The summed E-state index contributed by atoms with van der Waals surface area (Å²) in [4.78, 5) is 12.2. The van der Waals surface area contributed by atoms with Gasteiger partial charge >= 0.3 is 6.01 Å². The minimum Gasteiger partial charge on any atom is -0.467 e. The van der Waals surface area contributed by atoms with Crippen LogP contribution in [0.5, 0.6) is 6.01 Å². The van der Waals surface area contributed by atoms with Crippen molar-refractivity contribution < 1.29 is 9.84 Å². The van der Waals surface area contributed by atoms with E-state index in [0.717, 1.165) is 12.8 Å². The summed E-state index contributed by atoms with van der Waals surface area (Å²) in [6.45, 7) is 0.0793. The van der Waals surface area contributed by atoms with Crippen LogP contribution in [0.1, 0.15) is 12.8 Å². The molecule has 1 aromatic heterocycles. The third-order valence-electron chi connectivity index (χ3n) is 2.55. The Hall–Kier alpha value is -1.63. The first-order chi connectivity index (χ1) is 7.71. The summed E-state index contributed by atoms with van der Waals surface area (Å²) in [6.07, 6.45) is 1.85. The molecule has 0 bridgehead atoms. The molecule has 0 unspecified atom stereocenters. The van der Waals surface area contributed by atoms with E-state index in [9.17, 15) is 5.11 Å². The minimum absolute atomic E-state index is 0.0793. The maximum atomic E-state index is 9.19. The van der Waals surface area contributed by atoms with Gasteiger partial charge in [0.1, 0.15) is 0 Å². The lowest BCUT2D eigenvalue weighted by molar-refractivity contribution is 0.265. The van der Waals surface area contributed by atoms with Crippen LogP contribution in [0.4, 0.5) is 11.9 Å². The molecular weight excluding hydrogens is 210 g/mol. The zero-order valence-electron chi connectivity index (χ0n) is 9.32. The molecule has 1 aliphatic rings. The standard InChI is InChI=1S/C9H15N5O2/c1-10-6-11-7(13-8(12-6)16-2)14-9(5-15)3-4-9/h15H,3-5H2,1-2H3,(H2,10,11,12,13,14). The smallest absolute Gasteiger partial charge is 0.322 e. The van der Waals surface area contributed by atoms with Gasteiger partial charge in [-0.3, -0.25) is 0 Å². The Balaban J connectivity index is 2.19. The van der Waals surface area contributed by atoms with Gasteiger partial charge in [0.15, 0.2) is 0 Å². The van der Waals surface area contributed by atoms with Gasteiger partial charge in [0, 0.05) is 7.05 Å². The van der Waals surface area contributed by atoms with E-state index in [1.165, 1.54) is 7.11 Å². The molecule has 1 heterocycles. The number of anilines is 2. The van der Waals surface area contributed by atoms with Crippen LogP contribution in [-0.4, -0.2) is 46.4 Å². The van der Waals surface area contributed by atoms with Crippen molar-refractivity contribution in [2.75, 3.05) is 31.4 Å². The average molecular weight is 225 g/mol. The number of nitrogens with zero attached hydrogens (tertiary/aromatic N) is 3. The fourth-order valence-electron chi connectivity index (χ4n) is 1.33.